The normalized spacial score (nSPS) is 26.0. The molecule has 10 nitrogen and oxygen atoms in total. The number of ether oxygens (including phenoxy) is 2. The highest BCUT2D eigenvalue weighted by atomic mass is 19.1. The number of carbonyl (C=O) groups is 3. The van der Waals surface area contributed by atoms with Crippen molar-refractivity contribution in [3.05, 3.63) is 23.5 Å². The number of anilines is 1. The number of hydrogen-bond acceptors (Lipinski definition) is 7. The van der Waals surface area contributed by atoms with Crippen LogP contribution in [0.4, 0.5) is 14.9 Å². The van der Waals surface area contributed by atoms with Gasteiger partial charge in [0.05, 0.1) is 36.8 Å². The van der Waals surface area contributed by atoms with E-state index in [0.29, 0.717) is 24.6 Å². The predicted octanol–water partition coefficient (Wildman–Crippen LogP) is 4.45. The van der Waals surface area contributed by atoms with Gasteiger partial charge in [-0.15, -0.1) is 0 Å². The Kier molecular flexibility index (Phi) is 9.20. The molecule has 4 fully saturated rings. The van der Waals surface area contributed by atoms with Crippen LogP contribution < -0.4 is 5.32 Å². The SMILES string of the molecule is COC1CC(Nc2cc(C3CC3)cnc2C(=O)N(CC(C)C)[C@H]2C[C@@H](C(=O)N3CC(F)C3)CN(C(=O)OC(C)(C)C)C2)C1. The van der Waals surface area contributed by atoms with Gasteiger partial charge in [-0.05, 0) is 76.3 Å². The highest BCUT2D eigenvalue weighted by molar-refractivity contribution is 5.98. The molecule has 2 saturated carbocycles. The van der Waals surface area contributed by atoms with Gasteiger partial charge in [-0.2, -0.15) is 0 Å². The molecule has 3 amide bonds. The van der Waals surface area contributed by atoms with Crippen molar-refractivity contribution in [1.29, 1.82) is 0 Å². The third-order valence-electron chi connectivity index (χ3n) is 8.79. The van der Waals surface area contributed by atoms with E-state index in [0.717, 1.165) is 36.9 Å². The van der Waals surface area contributed by atoms with E-state index in [1.54, 1.807) is 32.8 Å². The molecule has 43 heavy (non-hydrogen) atoms. The van der Waals surface area contributed by atoms with Gasteiger partial charge in [0.25, 0.3) is 5.91 Å². The second kappa shape index (κ2) is 12.6. The summed E-state index contributed by atoms with van der Waals surface area (Å²) in [6, 6.07) is 1.83. The van der Waals surface area contributed by atoms with Gasteiger partial charge in [0.15, 0.2) is 5.69 Å². The van der Waals surface area contributed by atoms with Crippen LogP contribution in [0.15, 0.2) is 12.3 Å². The van der Waals surface area contributed by atoms with Crippen LogP contribution in [0.2, 0.25) is 0 Å². The number of carbonyl (C=O) groups excluding carboxylic acids is 3. The molecule has 1 aromatic rings. The Bertz CT molecular complexity index is 1190. The van der Waals surface area contributed by atoms with E-state index in [1.165, 1.54) is 9.80 Å². The van der Waals surface area contributed by atoms with Gasteiger partial charge in [-0.25, -0.2) is 14.2 Å². The smallest absolute Gasteiger partial charge is 0.410 e. The van der Waals surface area contributed by atoms with E-state index in [-0.39, 0.29) is 56.1 Å². The van der Waals surface area contributed by atoms with Gasteiger partial charge in [-0.1, -0.05) is 13.8 Å². The van der Waals surface area contributed by atoms with Crippen molar-refractivity contribution in [3.63, 3.8) is 0 Å². The van der Waals surface area contributed by atoms with Crippen molar-refractivity contribution in [2.45, 2.75) is 103 Å². The molecule has 2 atom stereocenters. The number of piperidine rings is 1. The van der Waals surface area contributed by atoms with Crippen LogP contribution in [0.25, 0.3) is 0 Å². The molecular weight excluding hydrogens is 553 g/mol. The molecule has 0 unspecified atom stereocenters. The standard InChI is InChI=1S/C32H48FN5O5/c1-19(2)14-38(30(40)28-27(35-24-11-26(12-24)42-6)10-21(13-34-28)20-7-8-20)25-9-22(29(39)36-16-23(33)17-36)15-37(18-25)31(41)43-32(3,4)5/h10,13,19-20,22-26,35H,7-9,11-12,14-18H2,1-6H3/t22-,24?,25+,26?/m1/s1. The fourth-order valence-corrected chi connectivity index (χ4v) is 6.24. The van der Waals surface area contributed by atoms with Gasteiger partial charge in [0.2, 0.25) is 5.91 Å². The molecule has 238 valence electrons. The maximum atomic E-state index is 14.5. The van der Waals surface area contributed by atoms with Crippen molar-refractivity contribution >= 4 is 23.6 Å². The van der Waals surface area contributed by atoms with Gasteiger partial charge >= 0.3 is 6.09 Å². The van der Waals surface area contributed by atoms with Crippen molar-refractivity contribution < 1.29 is 28.2 Å². The van der Waals surface area contributed by atoms with Gasteiger partial charge in [-0.3, -0.25) is 9.59 Å². The Morgan fingerprint density at radius 1 is 1.09 bits per heavy atom. The topological polar surface area (TPSA) is 104 Å². The molecule has 2 aliphatic carbocycles. The summed E-state index contributed by atoms with van der Waals surface area (Å²) in [5, 5.41) is 3.57. The molecular formula is C32H48FN5O5. The summed E-state index contributed by atoms with van der Waals surface area (Å²) in [6.07, 6.45) is 4.85. The first-order chi connectivity index (χ1) is 20.3. The lowest BCUT2D eigenvalue weighted by Gasteiger charge is -2.45. The van der Waals surface area contributed by atoms with Crippen molar-refractivity contribution in [1.82, 2.24) is 19.7 Å². The minimum atomic E-state index is -1.02. The minimum Gasteiger partial charge on any atom is -0.444 e. The monoisotopic (exact) mass is 601 g/mol. The predicted molar refractivity (Wildman–Crippen MR) is 161 cm³/mol. The number of rotatable bonds is 9. The fourth-order valence-electron chi connectivity index (χ4n) is 6.24. The average Bonchev–Trinajstić information content (AvgIpc) is 3.75. The Morgan fingerprint density at radius 3 is 2.37 bits per heavy atom. The van der Waals surface area contributed by atoms with E-state index in [2.05, 4.69) is 11.4 Å². The van der Waals surface area contributed by atoms with Crippen LogP contribution >= 0.6 is 0 Å². The zero-order chi connectivity index (χ0) is 31.1. The molecule has 4 aliphatic rings. The Morgan fingerprint density at radius 2 is 1.79 bits per heavy atom. The fraction of sp³-hybridized carbons (Fsp3) is 0.750. The zero-order valence-electron chi connectivity index (χ0n) is 26.5. The third-order valence-corrected chi connectivity index (χ3v) is 8.79. The minimum absolute atomic E-state index is 0.0679. The molecule has 2 aliphatic heterocycles. The van der Waals surface area contributed by atoms with E-state index in [4.69, 9.17) is 14.5 Å². The van der Waals surface area contributed by atoms with E-state index in [1.807, 2.05) is 20.0 Å². The Balaban J connectivity index is 1.43. The molecule has 0 bridgehead atoms. The first kappa shape index (κ1) is 31.5. The van der Waals surface area contributed by atoms with Crippen molar-refractivity contribution in [3.8, 4) is 0 Å². The van der Waals surface area contributed by atoms with Gasteiger partial charge in [0, 0.05) is 39.0 Å². The molecule has 1 N–H and O–H groups in total. The summed E-state index contributed by atoms with van der Waals surface area (Å²) in [5.74, 6) is -0.360. The first-order valence-corrected chi connectivity index (χ1v) is 15.8. The van der Waals surface area contributed by atoms with Crippen LogP contribution in [0.1, 0.15) is 88.7 Å². The van der Waals surface area contributed by atoms with E-state index >= 15 is 0 Å². The Labute approximate surface area is 254 Å². The van der Waals surface area contributed by atoms with Crippen molar-refractivity contribution in [2.24, 2.45) is 11.8 Å². The van der Waals surface area contributed by atoms with Crippen molar-refractivity contribution in [2.75, 3.05) is 45.2 Å². The molecule has 1 aromatic heterocycles. The average molecular weight is 602 g/mol. The summed E-state index contributed by atoms with van der Waals surface area (Å²) < 4.78 is 24.8. The number of nitrogens with zero attached hydrogens (tertiary/aromatic N) is 4. The summed E-state index contributed by atoms with van der Waals surface area (Å²) in [6.45, 7) is 10.5. The summed E-state index contributed by atoms with van der Waals surface area (Å²) in [5.41, 5.74) is 1.50. The highest BCUT2D eigenvalue weighted by Gasteiger charge is 2.43. The molecule has 3 heterocycles. The van der Waals surface area contributed by atoms with Gasteiger partial charge in [0.1, 0.15) is 11.8 Å². The number of pyridine rings is 1. The quantitative estimate of drug-likeness (QED) is 0.446. The summed E-state index contributed by atoms with van der Waals surface area (Å²) in [7, 11) is 1.72. The number of nitrogens with one attached hydrogen (secondary N) is 1. The van der Waals surface area contributed by atoms with Crippen LogP contribution in [-0.4, -0.2) is 107 Å². The second-order valence-electron chi connectivity index (χ2n) is 14.3. The number of aromatic nitrogens is 1. The number of methoxy groups -OCH3 is 1. The molecule has 11 heteroatoms. The number of amides is 3. The van der Waals surface area contributed by atoms with Crippen LogP contribution in [0.5, 0.6) is 0 Å². The number of halogens is 1. The summed E-state index contributed by atoms with van der Waals surface area (Å²) in [4.78, 5) is 50.7. The third kappa shape index (κ3) is 7.59. The maximum absolute atomic E-state index is 14.5. The van der Waals surface area contributed by atoms with E-state index < -0.39 is 29.8 Å². The Hall–Kier alpha value is -2.95. The molecule has 0 radical (unpaired) electrons. The van der Waals surface area contributed by atoms with E-state index in [9.17, 15) is 18.8 Å². The molecule has 0 spiro atoms. The molecule has 0 aromatic carbocycles. The molecule has 5 rings (SSSR count). The number of likely N-dealkylation sites (tertiary alicyclic amines) is 2. The number of alkyl halides is 1. The lowest BCUT2D eigenvalue weighted by Crippen LogP contribution is -2.60. The van der Waals surface area contributed by atoms with Crippen LogP contribution in [0, 0.1) is 11.8 Å². The maximum Gasteiger partial charge on any atom is 0.410 e. The highest BCUT2D eigenvalue weighted by Crippen LogP contribution is 2.41. The van der Waals surface area contributed by atoms with Gasteiger partial charge < -0.3 is 29.5 Å². The van der Waals surface area contributed by atoms with Crippen LogP contribution in [-0.2, 0) is 14.3 Å². The summed E-state index contributed by atoms with van der Waals surface area (Å²) >= 11 is 0. The molecule has 2 saturated heterocycles. The zero-order valence-corrected chi connectivity index (χ0v) is 26.5. The lowest BCUT2D eigenvalue weighted by atomic mass is 9.88. The lowest BCUT2D eigenvalue weighted by molar-refractivity contribution is -0.145. The number of hydrogen-bond donors (Lipinski definition) is 1. The first-order valence-electron chi connectivity index (χ1n) is 15.8. The largest absolute Gasteiger partial charge is 0.444 e. The second-order valence-corrected chi connectivity index (χ2v) is 14.3. The van der Waals surface area contributed by atoms with Crippen LogP contribution in [0.3, 0.4) is 0 Å².